The molecule has 37 heavy (non-hydrogen) atoms. The van der Waals surface area contributed by atoms with Gasteiger partial charge in [0, 0.05) is 18.6 Å². The number of aryl methyl sites for hydroxylation is 1. The number of halogens is 1. The average molecular weight is 542 g/mol. The molecule has 0 spiro atoms. The van der Waals surface area contributed by atoms with Crippen LogP contribution in [0.3, 0.4) is 0 Å². The molecule has 9 heteroatoms. The van der Waals surface area contributed by atoms with Gasteiger partial charge in [0.15, 0.2) is 0 Å². The summed E-state index contributed by atoms with van der Waals surface area (Å²) in [6, 6.07) is 21.3. The van der Waals surface area contributed by atoms with Crippen LogP contribution in [0.15, 0.2) is 83.8 Å². The van der Waals surface area contributed by atoms with Crippen molar-refractivity contribution in [3.05, 3.63) is 95.0 Å². The molecule has 7 nitrogen and oxygen atoms in total. The highest BCUT2D eigenvalue weighted by molar-refractivity contribution is 7.92. The standard InChI is InChI=1S/C28H32ClN3O4S/c1-4-21-15-17-23(18-16-21)32(37(35,36)24-12-7-6-8-13-24)20-27(33)31(26(5-2)28(34)30-3)19-22-11-9-10-14-25(22)29/h6-18,26H,4-5,19-20H2,1-3H3,(H,30,34). The summed E-state index contributed by atoms with van der Waals surface area (Å²) in [5.74, 6) is -0.859. The molecule has 1 unspecified atom stereocenters. The molecule has 0 radical (unpaired) electrons. The molecule has 0 aromatic heterocycles. The summed E-state index contributed by atoms with van der Waals surface area (Å²) in [7, 11) is -2.58. The molecule has 1 atom stereocenters. The van der Waals surface area contributed by atoms with Crippen LogP contribution in [0.1, 0.15) is 31.4 Å². The van der Waals surface area contributed by atoms with Crippen molar-refractivity contribution in [3.8, 4) is 0 Å². The van der Waals surface area contributed by atoms with E-state index in [-0.39, 0.29) is 17.3 Å². The molecule has 0 fully saturated rings. The van der Waals surface area contributed by atoms with Crippen molar-refractivity contribution >= 4 is 39.1 Å². The van der Waals surface area contributed by atoms with E-state index in [1.165, 1.54) is 24.1 Å². The second-order valence-electron chi connectivity index (χ2n) is 8.50. The molecule has 0 aliphatic rings. The van der Waals surface area contributed by atoms with E-state index >= 15 is 0 Å². The van der Waals surface area contributed by atoms with E-state index in [1.54, 1.807) is 61.5 Å². The number of hydrogen-bond acceptors (Lipinski definition) is 4. The fraction of sp³-hybridized carbons (Fsp3) is 0.286. The van der Waals surface area contributed by atoms with Gasteiger partial charge in [0.1, 0.15) is 12.6 Å². The molecule has 0 saturated carbocycles. The molecule has 1 N–H and O–H groups in total. The number of sulfonamides is 1. The smallest absolute Gasteiger partial charge is 0.264 e. The summed E-state index contributed by atoms with van der Waals surface area (Å²) >= 11 is 6.37. The fourth-order valence-electron chi connectivity index (χ4n) is 4.04. The van der Waals surface area contributed by atoms with Gasteiger partial charge in [-0.15, -0.1) is 0 Å². The quantitative estimate of drug-likeness (QED) is 0.383. The van der Waals surface area contributed by atoms with Gasteiger partial charge in [-0.2, -0.15) is 0 Å². The molecule has 3 rings (SSSR count). The van der Waals surface area contributed by atoms with Gasteiger partial charge in [0.05, 0.1) is 10.6 Å². The first-order valence-electron chi connectivity index (χ1n) is 12.1. The predicted octanol–water partition coefficient (Wildman–Crippen LogP) is 4.65. The lowest BCUT2D eigenvalue weighted by atomic mass is 10.1. The number of benzene rings is 3. The molecular weight excluding hydrogens is 510 g/mol. The van der Waals surface area contributed by atoms with Crippen molar-refractivity contribution in [2.75, 3.05) is 17.9 Å². The Kier molecular flexibility index (Phi) is 9.72. The van der Waals surface area contributed by atoms with Crippen LogP contribution < -0.4 is 9.62 Å². The summed E-state index contributed by atoms with van der Waals surface area (Å²) in [5.41, 5.74) is 2.06. The van der Waals surface area contributed by atoms with E-state index in [1.807, 2.05) is 19.1 Å². The Morgan fingerprint density at radius 2 is 1.54 bits per heavy atom. The second kappa shape index (κ2) is 12.7. The first-order chi connectivity index (χ1) is 17.7. The highest BCUT2D eigenvalue weighted by Gasteiger charge is 2.33. The predicted molar refractivity (Wildman–Crippen MR) is 147 cm³/mol. The van der Waals surface area contributed by atoms with Crippen LogP contribution in [0.2, 0.25) is 5.02 Å². The van der Waals surface area contributed by atoms with Gasteiger partial charge in [-0.05, 0) is 54.3 Å². The number of carbonyl (C=O) groups is 2. The van der Waals surface area contributed by atoms with E-state index in [0.717, 1.165) is 16.3 Å². The summed E-state index contributed by atoms with van der Waals surface area (Å²) in [6.45, 7) is 3.38. The number of hydrogen-bond donors (Lipinski definition) is 1. The van der Waals surface area contributed by atoms with Gasteiger partial charge in [-0.1, -0.05) is 74.0 Å². The molecule has 2 amide bonds. The first-order valence-corrected chi connectivity index (χ1v) is 14.0. The van der Waals surface area contributed by atoms with Crippen molar-refractivity contribution < 1.29 is 18.0 Å². The van der Waals surface area contributed by atoms with Gasteiger partial charge in [0.25, 0.3) is 10.0 Å². The Bertz CT molecular complexity index is 1310. The lowest BCUT2D eigenvalue weighted by Gasteiger charge is -2.33. The number of nitrogens with zero attached hydrogens (tertiary/aromatic N) is 2. The van der Waals surface area contributed by atoms with Gasteiger partial charge in [0.2, 0.25) is 11.8 Å². The maximum atomic E-state index is 13.9. The van der Waals surface area contributed by atoms with Crippen molar-refractivity contribution in [1.29, 1.82) is 0 Å². The van der Waals surface area contributed by atoms with Crippen LogP contribution in [0.25, 0.3) is 0 Å². The minimum atomic E-state index is -4.08. The third-order valence-electron chi connectivity index (χ3n) is 6.17. The Morgan fingerprint density at radius 1 is 0.919 bits per heavy atom. The zero-order valence-corrected chi connectivity index (χ0v) is 22.8. The summed E-state index contributed by atoms with van der Waals surface area (Å²) in [4.78, 5) is 28.1. The number of anilines is 1. The molecule has 0 saturated heterocycles. The number of carbonyl (C=O) groups excluding carboxylic acids is 2. The SMILES string of the molecule is CCc1ccc(N(CC(=O)N(Cc2ccccc2Cl)C(CC)C(=O)NC)S(=O)(=O)c2ccccc2)cc1. The van der Waals surface area contributed by atoms with E-state index in [0.29, 0.717) is 22.7 Å². The van der Waals surface area contributed by atoms with Crippen molar-refractivity contribution in [1.82, 2.24) is 10.2 Å². The number of amides is 2. The third-order valence-corrected chi connectivity index (χ3v) is 8.33. The lowest BCUT2D eigenvalue weighted by Crippen LogP contribution is -2.51. The number of rotatable bonds is 11. The fourth-order valence-corrected chi connectivity index (χ4v) is 5.67. The highest BCUT2D eigenvalue weighted by atomic mass is 35.5. The van der Waals surface area contributed by atoms with Crippen LogP contribution in [-0.2, 0) is 32.6 Å². The summed E-state index contributed by atoms with van der Waals surface area (Å²) in [5, 5.41) is 3.06. The van der Waals surface area contributed by atoms with E-state index in [2.05, 4.69) is 5.32 Å². The largest absolute Gasteiger partial charge is 0.357 e. The molecular formula is C28H32ClN3O4S. The van der Waals surface area contributed by atoms with E-state index < -0.39 is 28.5 Å². The molecule has 3 aromatic rings. The number of nitrogens with one attached hydrogen (secondary N) is 1. The molecule has 196 valence electrons. The topological polar surface area (TPSA) is 86.8 Å². The van der Waals surface area contributed by atoms with Gasteiger partial charge in [-0.25, -0.2) is 8.42 Å². The van der Waals surface area contributed by atoms with Crippen LogP contribution in [0, 0.1) is 0 Å². The summed E-state index contributed by atoms with van der Waals surface area (Å²) < 4.78 is 28.6. The van der Waals surface area contributed by atoms with Crippen LogP contribution in [-0.4, -0.2) is 44.8 Å². The first kappa shape index (κ1) is 28.2. The maximum Gasteiger partial charge on any atom is 0.264 e. The Hall–Kier alpha value is -3.36. The normalized spacial score (nSPS) is 12.0. The maximum absolute atomic E-state index is 13.9. The lowest BCUT2D eigenvalue weighted by molar-refractivity contribution is -0.140. The zero-order chi connectivity index (χ0) is 27.0. The van der Waals surface area contributed by atoms with Crippen molar-refractivity contribution in [3.63, 3.8) is 0 Å². The Labute approximate surface area is 224 Å². The monoisotopic (exact) mass is 541 g/mol. The Morgan fingerprint density at radius 3 is 2.11 bits per heavy atom. The average Bonchev–Trinajstić information content (AvgIpc) is 2.92. The molecule has 0 aliphatic heterocycles. The van der Waals surface area contributed by atoms with Gasteiger partial charge >= 0.3 is 0 Å². The van der Waals surface area contributed by atoms with E-state index in [4.69, 9.17) is 11.6 Å². The molecule has 3 aromatic carbocycles. The molecule has 0 aliphatic carbocycles. The minimum Gasteiger partial charge on any atom is -0.357 e. The van der Waals surface area contributed by atoms with Crippen molar-refractivity contribution in [2.24, 2.45) is 0 Å². The van der Waals surface area contributed by atoms with Gasteiger partial charge in [-0.3, -0.25) is 13.9 Å². The Balaban J connectivity index is 2.06. The van der Waals surface area contributed by atoms with Crippen LogP contribution >= 0.6 is 11.6 Å². The summed E-state index contributed by atoms with van der Waals surface area (Å²) in [6.07, 6.45) is 1.13. The number of likely N-dealkylation sites (N-methyl/N-ethyl adjacent to an activating group) is 1. The zero-order valence-electron chi connectivity index (χ0n) is 21.2. The van der Waals surface area contributed by atoms with Crippen LogP contribution in [0.4, 0.5) is 5.69 Å². The molecule has 0 bridgehead atoms. The highest BCUT2D eigenvalue weighted by Crippen LogP contribution is 2.26. The molecule has 0 heterocycles. The second-order valence-corrected chi connectivity index (χ2v) is 10.8. The third kappa shape index (κ3) is 6.70. The van der Waals surface area contributed by atoms with Crippen LogP contribution in [0.5, 0.6) is 0 Å². The van der Waals surface area contributed by atoms with E-state index in [9.17, 15) is 18.0 Å². The van der Waals surface area contributed by atoms with Crippen molar-refractivity contribution in [2.45, 2.75) is 44.2 Å². The minimum absolute atomic E-state index is 0.0540. The van der Waals surface area contributed by atoms with Gasteiger partial charge < -0.3 is 10.2 Å².